The Balaban J connectivity index is 1.70. The van der Waals surface area contributed by atoms with Gasteiger partial charge in [0, 0.05) is 6.04 Å². The maximum absolute atomic E-state index is 5.70. The van der Waals surface area contributed by atoms with Crippen LogP contribution in [0.5, 0.6) is 0 Å². The number of nitrogens with one attached hydrogen (secondary N) is 1. The zero-order valence-corrected chi connectivity index (χ0v) is 8.75. The summed E-state index contributed by atoms with van der Waals surface area (Å²) in [6, 6.07) is 0.708. The van der Waals surface area contributed by atoms with Crippen LogP contribution in [-0.4, -0.2) is 24.8 Å². The van der Waals surface area contributed by atoms with Gasteiger partial charge in [-0.1, -0.05) is 0 Å². The molecule has 0 spiro atoms. The van der Waals surface area contributed by atoms with Crippen molar-refractivity contribution in [2.24, 2.45) is 5.92 Å². The van der Waals surface area contributed by atoms with E-state index >= 15 is 0 Å². The maximum atomic E-state index is 5.70. The lowest BCUT2D eigenvalue weighted by atomic mass is 10.00. The van der Waals surface area contributed by atoms with Gasteiger partial charge in [0.2, 0.25) is 0 Å². The van der Waals surface area contributed by atoms with E-state index in [1.165, 1.54) is 32.2 Å². The van der Waals surface area contributed by atoms with E-state index in [1.54, 1.807) is 0 Å². The molecule has 2 aliphatic rings. The molecule has 0 bridgehead atoms. The second-order valence-electron chi connectivity index (χ2n) is 4.78. The molecule has 0 aromatic carbocycles. The number of hydrogen-bond acceptors (Lipinski definition) is 2. The molecule has 2 heteroatoms. The van der Waals surface area contributed by atoms with Gasteiger partial charge in [0.25, 0.3) is 0 Å². The predicted octanol–water partition coefficient (Wildman–Crippen LogP) is 1.94. The molecule has 1 N–H and O–H groups in total. The zero-order chi connectivity index (χ0) is 9.26. The number of ether oxygens (including phenoxy) is 1. The van der Waals surface area contributed by atoms with E-state index in [4.69, 9.17) is 4.74 Å². The van der Waals surface area contributed by atoms with Crippen molar-refractivity contribution in [1.29, 1.82) is 0 Å². The van der Waals surface area contributed by atoms with Crippen LogP contribution >= 0.6 is 0 Å². The highest BCUT2D eigenvalue weighted by Crippen LogP contribution is 2.28. The quantitative estimate of drug-likeness (QED) is 0.722. The summed E-state index contributed by atoms with van der Waals surface area (Å²) in [5.41, 5.74) is 0. The molecular formula is C11H21NO. The van der Waals surface area contributed by atoms with Gasteiger partial charge in [-0.3, -0.25) is 0 Å². The third-order valence-corrected chi connectivity index (χ3v) is 3.09. The Labute approximate surface area is 81.0 Å². The smallest absolute Gasteiger partial charge is 0.0565 e. The fourth-order valence-corrected chi connectivity index (χ4v) is 2.23. The second-order valence-corrected chi connectivity index (χ2v) is 4.78. The molecule has 1 heterocycles. The third kappa shape index (κ3) is 2.96. The summed E-state index contributed by atoms with van der Waals surface area (Å²) in [5, 5.41) is 3.66. The average molecular weight is 183 g/mol. The van der Waals surface area contributed by atoms with Crippen LogP contribution in [0.2, 0.25) is 0 Å². The van der Waals surface area contributed by atoms with Gasteiger partial charge in [-0.15, -0.1) is 0 Å². The Morgan fingerprint density at radius 3 is 2.31 bits per heavy atom. The van der Waals surface area contributed by atoms with Gasteiger partial charge < -0.3 is 10.1 Å². The lowest BCUT2D eigenvalue weighted by molar-refractivity contribution is -0.0421. The van der Waals surface area contributed by atoms with Crippen molar-refractivity contribution in [2.45, 2.75) is 57.8 Å². The monoisotopic (exact) mass is 183 g/mol. The lowest BCUT2D eigenvalue weighted by Crippen LogP contribution is -2.41. The van der Waals surface area contributed by atoms with E-state index in [0.717, 1.165) is 5.92 Å². The van der Waals surface area contributed by atoms with Crippen LogP contribution in [0.25, 0.3) is 0 Å². The van der Waals surface area contributed by atoms with Crippen LogP contribution in [0, 0.1) is 5.92 Å². The highest BCUT2D eigenvalue weighted by molar-refractivity contribution is 4.82. The molecule has 0 aromatic rings. The summed E-state index contributed by atoms with van der Waals surface area (Å²) in [4.78, 5) is 0. The van der Waals surface area contributed by atoms with Crippen LogP contribution in [-0.2, 0) is 4.74 Å². The van der Waals surface area contributed by atoms with Crippen LogP contribution in [0.1, 0.15) is 39.5 Å². The Hall–Kier alpha value is -0.0800. The SMILES string of the molecule is CC1CC(NCC2CC2)CC(C)O1. The summed E-state index contributed by atoms with van der Waals surface area (Å²) in [6.45, 7) is 5.60. The van der Waals surface area contributed by atoms with Crippen LogP contribution in [0.15, 0.2) is 0 Å². The molecular weight excluding hydrogens is 162 g/mol. The number of rotatable bonds is 3. The van der Waals surface area contributed by atoms with Gasteiger partial charge in [-0.05, 0) is 52.0 Å². The summed E-state index contributed by atoms with van der Waals surface area (Å²) < 4.78 is 5.70. The standard InChI is InChI=1S/C11H21NO/c1-8-5-11(6-9(2)13-8)12-7-10-3-4-10/h8-12H,3-7H2,1-2H3. The van der Waals surface area contributed by atoms with Gasteiger partial charge in [0.05, 0.1) is 12.2 Å². The number of hydrogen-bond donors (Lipinski definition) is 1. The molecule has 1 saturated heterocycles. The molecule has 1 aliphatic carbocycles. The Morgan fingerprint density at radius 1 is 1.15 bits per heavy atom. The Kier molecular flexibility index (Phi) is 2.89. The highest BCUT2D eigenvalue weighted by Gasteiger charge is 2.26. The molecule has 2 unspecified atom stereocenters. The van der Waals surface area contributed by atoms with Gasteiger partial charge in [0.1, 0.15) is 0 Å². The van der Waals surface area contributed by atoms with Crippen molar-refractivity contribution in [3.63, 3.8) is 0 Å². The zero-order valence-electron chi connectivity index (χ0n) is 8.75. The van der Waals surface area contributed by atoms with Crippen molar-refractivity contribution < 1.29 is 4.74 Å². The fraction of sp³-hybridized carbons (Fsp3) is 1.00. The van der Waals surface area contributed by atoms with E-state index < -0.39 is 0 Å². The third-order valence-electron chi connectivity index (χ3n) is 3.09. The minimum Gasteiger partial charge on any atom is -0.375 e. The summed E-state index contributed by atoms with van der Waals surface area (Å²) in [6.07, 6.45) is 6.16. The van der Waals surface area contributed by atoms with Crippen LogP contribution in [0.4, 0.5) is 0 Å². The molecule has 1 saturated carbocycles. The molecule has 2 rings (SSSR count). The summed E-state index contributed by atoms with van der Waals surface area (Å²) in [5.74, 6) is 0.994. The minimum atomic E-state index is 0.445. The summed E-state index contributed by atoms with van der Waals surface area (Å²) >= 11 is 0. The van der Waals surface area contributed by atoms with E-state index in [2.05, 4.69) is 19.2 Å². The van der Waals surface area contributed by atoms with Crippen molar-refractivity contribution in [2.75, 3.05) is 6.54 Å². The first-order valence-electron chi connectivity index (χ1n) is 5.63. The van der Waals surface area contributed by atoms with Crippen molar-refractivity contribution >= 4 is 0 Å². The Bertz CT molecular complexity index is 157. The van der Waals surface area contributed by atoms with Crippen LogP contribution < -0.4 is 5.32 Å². The van der Waals surface area contributed by atoms with E-state index in [-0.39, 0.29) is 0 Å². The van der Waals surface area contributed by atoms with Crippen molar-refractivity contribution in [3.05, 3.63) is 0 Å². The van der Waals surface area contributed by atoms with Gasteiger partial charge >= 0.3 is 0 Å². The Morgan fingerprint density at radius 2 is 1.77 bits per heavy atom. The maximum Gasteiger partial charge on any atom is 0.0565 e. The van der Waals surface area contributed by atoms with Gasteiger partial charge in [-0.25, -0.2) is 0 Å². The molecule has 0 radical (unpaired) electrons. The fourth-order valence-electron chi connectivity index (χ4n) is 2.23. The normalized spacial score (nSPS) is 40.6. The largest absolute Gasteiger partial charge is 0.375 e. The van der Waals surface area contributed by atoms with Gasteiger partial charge in [0.15, 0.2) is 0 Å². The van der Waals surface area contributed by atoms with E-state index in [9.17, 15) is 0 Å². The lowest BCUT2D eigenvalue weighted by Gasteiger charge is -2.32. The van der Waals surface area contributed by atoms with E-state index in [1.807, 2.05) is 0 Å². The minimum absolute atomic E-state index is 0.445. The molecule has 1 aliphatic heterocycles. The topological polar surface area (TPSA) is 21.3 Å². The predicted molar refractivity (Wildman–Crippen MR) is 53.8 cm³/mol. The average Bonchev–Trinajstić information content (AvgIpc) is 2.81. The molecule has 0 aromatic heterocycles. The van der Waals surface area contributed by atoms with E-state index in [0.29, 0.717) is 18.2 Å². The highest BCUT2D eigenvalue weighted by atomic mass is 16.5. The summed E-state index contributed by atoms with van der Waals surface area (Å²) in [7, 11) is 0. The first-order valence-corrected chi connectivity index (χ1v) is 5.63. The first-order chi connectivity index (χ1) is 6.24. The van der Waals surface area contributed by atoms with Crippen LogP contribution in [0.3, 0.4) is 0 Å². The molecule has 13 heavy (non-hydrogen) atoms. The molecule has 2 nitrogen and oxygen atoms in total. The van der Waals surface area contributed by atoms with Crippen molar-refractivity contribution in [1.82, 2.24) is 5.32 Å². The molecule has 0 amide bonds. The molecule has 76 valence electrons. The van der Waals surface area contributed by atoms with Gasteiger partial charge in [-0.2, -0.15) is 0 Å². The second kappa shape index (κ2) is 3.97. The molecule has 2 atom stereocenters. The van der Waals surface area contributed by atoms with Crippen molar-refractivity contribution in [3.8, 4) is 0 Å². The molecule has 2 fully saturated rings. The first kappa shape index (κ1) is 9.47.